The van der Waals surface area contributed by atoms with Gasteiger partial charge in [0.05, 0.1) is 30.8 Å². The number of carbonyl (C=O) groups is 2. The number of anilines is 1. The molecule has 4 heterocycles. The van der Waals surface area contributed by atoms with Gasteiger partial charge < -0.3 is 34.8 Å². The van der Waals surface area contributed by atoms with Crippen LogP contribution in [0.2, 0.25) is 0 Å². The lowest BCUT2D eigenvalue weighted by atomic mass is 10.1. The van der Waals surface area contributed by atoms with E-state index in [1.54, 1.807) is 13.3 Å². The van der Waals surface area contributed by atoms with E-state index < -0.39 is 11.7 Å². The molecule has 2 saturated heterocycles. The van der Waals surface area contributed by atoms with Crippen LogP contribution in [0.1, 0.15) is 44.0 Å². The molecule has 0 bridgehead atoms. The van der Waals surface area contributed by atoms with E-state index in [0.29, 0.717) is 55.2 Å². The highest BCUT2D eigenvalue weighted by molar-refractivity contribution is 6.09. The Balaban J connectivity index is 1.46. The van der Waals surface area contributed by atoms with Crippen molar-refractivity contribution < 1.29 is 23.9 Å². The Morgan fingerprint density at radius 2 is 2.09 bits per heavy atom. The normalized spacial score (nSPS) is 21.7. The number of ether oxygens (including phenoxy) is 2. The number of rotatable bonds is 6. The van der Waals surface area contributed by atoms with E-state index >= 15 is 0 Å². The summed E-state index contributed by atoms with van der Waals surface area (Å²) in [6.07, 6.45) is 4.27. The van der Waals surface area contributed by atoms with Gasteiger partial charge in [-0.15, -0.1) is 0 Å². The molecule has 0 radical (unpaired) electrons. The highest BCUT2D eigenvalue weighted by Gasteiger charge is 2.28. The summed E-state index contributed by atoms with van der Waals surface area (Å²) in [5, 5.41) is 8.42. The number of piperidine rings is 1. The second-order valence-electron chi connectivity index (χ2n) is 9.83. The van der Waals surface area contributed by atoms with Gasteiger partial charge in [-0.05, 0) is 33.6 Å². The van der Waals surface area contributed by atoms with E-state index in [1.807, 2.05) is 25.8 Å². The molecule has 12 nitrogen and oxygen atoms in total. The molecule has 192 valence electrons. The standard InChI is InChI=1S/C23H35N7O5/c1-23(2,3)35-22(32)25-10-16-13-29(8-9-34-16)20-18-17(11-24-19(18)26-14-27-20)21(31)28-15-6-5-7-30(12-15)33-4/h11,14-16H,5-10,12-13H2,1-4H3,(H,25,32)(H,28,31)(H,24,26,27). The van der Waals surface area contributed by atoms with E-state index in [1.165, 1.54) is 6.33 Å². The van der Waals surface area contributed by atoms with E-state index in [4.69, 9.17) is 14.3 Å². The van der Waals surface area contributed by atoms with Crippen molar-refractivity contribution in [2.45, 2.75) is 51.4 Å². The van der Waals surface area contributed by atoms with Crippen molar-refractivity contribution in [2.75, 3.05) is 51.3 Å². The summed E-state index contributed by atoms with van der Waals surface area (Å²) in [5.74, 6) is 0.487. The molecule has 2 aliphatic rings. The molecule has 2 aliphatic heterocycles. The average Bonchev–Trinajstić information content (AvgIpc) is 3.26. The van der Waals surface area contributed by atoms with Gasteiger partial charge in [-0.2, -0.15) is 5.06 Å². The average molecular weight is 490 g/mol. The van der Waals surface area contributed by atoms with Crippen molar-refractivity contribution in [1.82, 2.24) is 30.6 Å². The molecule has 2 amide bonds. The van der Waals surface area contributed by atoms with Crippen molar-refractivity contribution in [3.63, 3.8) is 0 Å². The Morgan fingerprint density at radius 1 is 1.26 bits per heavy atom. The zero-order chi connectivity index (χ0) is 25.0. The first kappa shape index (κ1) is 25.1. The van der Waals surface area contributed by atoms with Crippen molar-refractivity contribution >= 4 is 28.9 Å². The molecule has 2 atom stereocenters. The molecule has 0 spiro atoms. The fourth-order valence-electron chi connectivity index (χ4n) is 4.40. The van der Waals surface area contributed by atoms with Crippen LogP contribution in [0.5, 0.6) is 0 Å². The smallest absolute Gasteiger partial charge is 0.407 e. The molecule has 2 fully saturated rings. The summed E-state index contributed by atoms with van der Waals surface area (Å²) in [6, 6.07) is 0.000858. The van der Waals surface area contributed by atoms with Crippen molar-refractivity contribution in [1.29, 1.82) is 0 Å². The van der Waals surface area contributed by atoms with E-state index in [0.717, 1.165) is 19.4 Å². The molecular formula is C23H35N7O5. The fraction of sp³-hybridized carbons (Fsp3) is 0.652. The third-order valence-corrected chi connectivity index (χ3v) is 5.98. The molecule has 0 aliphatic carbocycles. The molecule has 2 aromatic heterocycles. The van der Waals surface area contributed by atoms with Gasteiger partial charge in [0.25, 0.3) is 5.91 Å². The Bertz CT molecular complexity index is 1040. The number of alkyl carbamates (subject to hydrolysis) is 1. The lowest BCUT2D eigenvalue weighted by Crippen LogP contribution is -2.48. The first-order valence-electron chi connectivity index (χ1n) is 12.0. The molecule has 2 aromatic rings. The number of nitrogens with zero attached hydrogens (tertiary/aromatic N) is 4. The first-order valence-corrected chi connectivity index (χ1v) is 12.0. The Morgan fingerprint density at radius 3 is 2.86 bits per heavy atom. The zero-order valence-electron chi connectivity index (χ0n) is 20.8. The van der Waals surface area contributed by atoms with Crippen LogP contribution in [0.25, 0.3) is 11.0 Å². The molecule has 4 rings (SSSR count). The Kier molecular flexibility index (Phi) is 7.72. The van der Waals surface area contributed by atoms with E-state index in [-0.39, 0.29) is 18.1 Å². The molecule has 12 heteroatoms. The predicted molar refractivity (Wildman–Crippen MR) is 129 cm³/mol. The van der Waals surface area contributed by atoms with Crippen LogP contribution < -0.4 is 15.5 Å². The molecule has 35 heavy (non-hydrogen) atoms. The summed E-state index contributed by atoms with van der Waals surface area (Å²) >= 11 is 0. The van der Waals surface area contributed by atoms with Crippen LogP contribution in [0, 0.1) is 0 Å². The van der Waals surface area contributed by atoms with Crippen molar-refractivity contribution in [3.05, 3.63) is 18.1 Å². The maximum atomic E-state index is 13.2. The summed E-state index contributed by atoms with van der Waals surface area (Å²) in [7, 11) is 1.64. The van der Waals surface area contributed by atoms with Gasteiger partial charge in [-0.25, -0.2) is 14.8 Å². The number of hydroxylamine groups is 2. The highest BCUT2D eigenvalue weighted by atomic mass is 16.7. The van der Waals surface area contributed by atoms with Crippen LogP contribution in [-0.4, -0.2) is 96.2 Å². The largest absolute Gasteiger partial charge is 0.444 e. The minimum Gasteiger partial charge on any atom is -0.444 e. The summed E-state index contributed by atoms with van der Waals surface area (Å²) in [6.45, 7) is 8.82. The predicted octanol–water partition coefficient (Wildman–Crippen LogP) is 1.44. The molecular weight excluding hydrogens is 454 g/mol. The zero-order valence-corrected chi connectivity index (χ0v) is 20.8. The minimum atomic E-state index is -0.569. The number of aromatic amines is 1. The van der Waals surface area contributed by atoms with Gasteiger partial charge in [-0.3, -0.25) is 4.79 Å². The minimum absolute atomic E-state index is 0.000858. The second-order valence-corrected chi connectivity index (χ2v) is 9.83. The third-order valence-electron chi connectivity index (χ3n) is 5.98. The second kappa shape index (κ2) is 10.8. The first-order chi connectivity index (χ1) is 16.7. The molecule has 0 saturated carbocycles. The third kappa shape index (κ3) is 6.38. The van der Waals surface area contributed by atoms with Crippen molar-refractivity contribution in [2.24, 2.45) is 0 Å². The molecule has 3 N–H and O–H groups in total. The number of carbonyl (C=O) groups excluding carboxylic acids is 2. The SMILES string of the molecule is CON1CCCC(NC(=O)c2c[nH]c3ncnc(N4CCOC(CNC(=O)OC(C)(C)C)C4)c23)C1. The number of H-pyrrole nitrogens is 1. The summed E-state index contributed by atoms with van der Waals surface area (Å²) < 4.78 is 11.2. The van der Waals surface area contributed by atoms with Gasteiger partial charge in [-0.1, -0.05) is 0 Å². The number of nitrogens with one attached hydrogen (secondary N) is 3. The Hall–Kier alpha value is -2.96. The van der Waals surface area contributed by atoms with Crippen LogP contribution in [0.15, 0.2) is 12.5 Å². The lowest BCUT2D eigenvalue weighted by Gasteiger charge is -2.34. The summed E-state index contributed by atoms with van der Waals surface area (Å²) in [4.78, 5) is 44.6. The quantitative estimate of drug-likeness (QED) is 0.551. The Labute approximate surface area is 204 Å². The van der Waals surface area contributed by atoms with Crippen LogP contribution >= 0.6 is 0 Å². The van der Waals surface area contributed by atoms with Gasteiger partial charge in [0.2, 0.25) is 0 Å². The molecule has 2 unspecified atom stereocenters. The van der Waals surface area contributed by atoms with Crippen LogP contribution in [0.4, 0.5) is 10.6 Å². The maximum Gasteiger partial charge on any atom is 0.407 e. The fourth-order valence-corrected chi connectivity index (χ4v) is 4.40. The van der Waals surface area contributed by atoms with E-state index in [2.05, 4.69) is 30.5 Å². The topological polar surface area (TPSA) is 134 Å². The number of morpholine rings is 1. The number of amides is 2. The number of fused-ring (bicyclic) bond motifs is 1. The summed E-state index contributed by atoms with van der Waals surface area (Å²) in [5.41, 5.74) is 0.526. The van der Waals surface area contributed by atoms with Gasteiger partial charge in [0.1, 0.15) is 23.4 Å². The highest BCUT2D eigenvalue weighted by Crippen LogP contribution is 2.28. The monoisotopic (exact) mass is 489 g/mol. The number of hydrogen-bond donors (Lipinski definition) is 3. The van der Waals surface area contributed by atoms with Crippen LogP contribution in [-0.2, 0) is 14.3 Å². The van der Waals surface area contributed by atoms with Gasteiger partial charge >= 0.3 is 6.09 Å². The lowest BCUT2D eigenvalue weighted by molar-refractivity contribution is -0.146. The van der Waals surface area contributed by atoms with Gasteiger partial charge in [0, 0.05) is 45.0 Å². The number of aromatic nitrogens is 3. The number of hydrogen-bond acceptors (Lipinski definition) is 9. The van der Waals surface area contributed by atoms with Gasteiger partial charge in [0.15, 0.2) is 0 Å². The van der Waals surface area contributed by atoms with Crippen molar-refractivity contribution in [3.8, 4) is 0 Å². The maximum absolute atomic E-state index is 13.2. The van der Waals surface area contributed by atoms with Crippen LogP contribution in [0.3, 0.4) is 0 Å². The van der Waals surface area contributed by atoms with E-state index in [9.17, 15) is 9.59 Å². The molecule has 0 aromatic carbocycles.